The molecule has 1 aliphatic heterocycles. The number of carbonyl (C=O) groups is 1. The van der Waals surface area contributed by atoms with E-state index in [-0.39, 0.29) is 5.91 Å². The number of aromatic nitrogens is 4. The zero-order valence-corrected chi connectivity index (χ0v) is 10.8. The molecule has 6 heteroatoms. The summed E-state index contributed by atoms with van der Waals surface area (Å²) in [4.78, 5) is 24.0. The molecule has 0 spiro atoms. The van der Waals surface area contributed by atoms with Crippen LogP contribution in [0.3, 0.4) is 0 Å². The SMILES string of the molecule is O=C1NCCCc2[nH]c(-c3cnc4ccccn34)nc21. The van der Waals surface area contributed by atoms with Gasteiger partial charge in [0.25, 0.3) is 5.91 Å². The second kappa shape index (κ2) is 4.19. The molecule has 0 aliphatic carbocycles. The molecule has 3 aromatic rings. The normalized spacial score (nSPS) is 14.9. The highest BCUT2D eigenvalue weighted by Gasteiger charge is 2.21. The lowest BCUT2D eigenvalue weighted by atomic mass is 10.2. The van der Waals surface area contributed by atoms with Crippen molar-refractivity contribution >= 4 is 11.6 Å². The van der Waals surface area contributed by atoms with Crippen LogP contribution >= 0.6 is 0 Å². The van der Waals surface area contributed by atoms with E-state index < -0.39 is 0 Å². The summed E-state index contributed by atoms with van der Waals surface area (Å²) >= 11 is 0. The number of nitrogens with one attached hydrogen (secondary N) is 2. The third-order valence-corrected chi connectivity index (χ3v) is 3.54. The number of H-pyrrole nitrogens is 1. The smallest absolute Gasteiger partial charge is 0.271 e. The number of aryl methyl sites for hydroxylation is 1. The summed E-state index contributed by atoms with van der Waals surface area (Å²) in [5.74, 6) is 0.583. The average molecular weight is 267 g/mol. The van der Waals surface area contributed by atoms with Crippen LogP contribution in [0.2, 0.25) is 0 Å². The molecule has 0 radical (unpaired) electrons. The summed E-state index contributed by atoms with van der Waals surface area (Å²) in [6.45, 7) is 0.702. The maximum atomic E-state index is 11.9. The molecule has 1 aliphatic rings. The van der Waals surface area contributed by atoms with Crippen LogP contribution in [0.5, 0.6) is 0 Å². The van der Waals surface area contributed by atoms with E-state index in [0.717, 1.165) is 29.9 Å². The molecule has 0 bridgehead atoms. The van der Waals surface area contributed by atoms with Crippen LogP contribution in [-0.4, -0.2) is 31.8 Å². The molecule has 100 valence electrons. The highest BCUT2D eigenvalue weighted by Crippen LogP contribution is 2.21. The summed E-state index contributed by atoms with van der Waals surface area (Å²) in [5.41, 5.74) is 3.13. The fraction of sp³-hybridized carbons (Fsp3) is 0.214. The van der Waals surface area contributed by atoms with E-state index >= 15 is 0 Å². The molecule has 20 heavy (non-hydrogen) atoms. The summed E-state index contributed by atoms with van der Waals surface area (Å²) in [7, 11) is 0. The lowest BCUT2D eigenvalue weighted by Gasteiger charge is -1.98. The molecule has 0 saturated heterocycles. The number of pyridine rings is 1. The molecule has 2 N–H and O–H groups in total. The van der Waals surface area contributed by atoms with Crippen molar-refractivity contribution in [3.05, 3.63) is 42.0 Å². The van der Waals surface area contributed by atoms with Crippen LogP contribution in [0.1, 0.15) is 22.6 Å². The number of hydrogen-bond donors (Lipinski definition) is 2. The second-order valence-electron chi connectivity index (χ2n) is 4.84. The van der Waals surface area contributed by atoms with Crippen molar-refractivity contribution in [2.75, 3.05) is 6.54 Å². The largest absolute Gasteiger partial charge is 0.351 e. The first-order chi connectivity index (χ1) is 9.83. The Bertz CT molecular complexity index is 801. The van der Waals surface area contributed by atoms with Gasteiger partial charge in [0.05, 0.1) is 6.20 Å². The topological polar surface area (TPSA) is 75.1 Å². The fourth-order valence-electron chi connectivity index (χ4n) is 2.56. The van der Waals surface area contributed by atoms with E-state index in [4.69, 9.17) is 0 Å². The summed E-state index contributed by atoms with van der Waals surface area (Å²) < 4.78 is 1.95. The van der Waals surface area contributed by atoms with Gasteiger partial charge in [-0.15, -0.1) is 0 Å². The monoisotopic (exact) mass is 267 g/mol. The van der Waals surface area contributed by atoms with E-state index in [0.29, 0.717) is 18.1 Å². The van der Waals surface area contributed by atoms with Crippen LogP contribution in [0.25, 0.3) is 17.2 Å². The van der Waals surface area contributed by atoms with E-state index in [1.807, 2.05) is 28.8 Å². The Kier molecular flexibility index (Phi) is 2.35. The Balaban J connectivity index is 1.87. The van der Waals surface area contributed by atoms with Crippen molar-refractivity contribution in [3.63, 3.8) is 0 Å². The molecular weight excluding hydrogens is 254 g/mol. The summed E-state index contributed by atoms with van der Waals surface area (Å²) in [5, 5.41) is 2.85. The quantitative estimate of drug-likeness (QED) is 0.699. The first-order valence-electron chi connectivity index (χ1n) is 6.62. The highest BCUT2D eigenvalue weighted by atomic mass is 16.1. The maximum absolute atomic E-state index is 11.9. The summed E-state index contributed by atoms with van der Waals surface area (Å²) in [6.07, 6.45) is 5.46. The van der Waals surface area contributed by atoms with Gasteiger partial charge in [0.2, 0.25) is 0 Å². The van der Waals surface area contributed by atoms with Crippen LogP contribution in [0.4, 0.5) is 0 Å². The molecule has 0 aromatic carbocycles. The molecule has 4 heterocycles. The first kappa shape index (κ1) is 11.2. The Hall–Kier alpha value is -2.63. The van der Waals surface area contributed by atoms with Crippen LogP contribution < -0.4 is 5.32 Å². The predicted octanol–water partition coefficient (Wildman–Crippen LogP) is 1.40. The number of fused-ring (bicyclic) bond motifs is 2. The van der Waals surface area contributed by atoms with Gasteiger partial charge in [-0.3, -0.25) is 9.20 Å². The third kappa shape index (κ3) is 1.61. The second-order valence-corrected chi connectivity index (χ2v) is 4.84. The average Bonchev–Trinajstić information content (AvgIpc) is 3.03. The van der Waals surface area contributed by atoms with Gasteiger partial charge < -0.3 is 10.3 Å². The molecule has 3 aromatic heterocycles. The molecule has 4 rings (SSSR count). The minimum atomic E-state index is -0.103. The zero-order chi connectivity index (χ0) is 13.5. The van der Waals surface area contributed by atoms with Gasteiger partial charge in [-0.2, -0.15) is 0 Å². The lowest BCUT2D eigenvalue weighted by Crippen LogP contribution is -2.23. The van der Waals surface area contributed by atoms with Gasteiger partial charge in [-0.05, 0) is 25.0 Å². The molecule has 0 unspecified atom stereocenters. The number of nitrogens with zero attached hydrogens (tertiary/aromatic N) is 3. The van der Waals surface area contributed by atoms with Crippen molar-refractivity contribution in [1.29, 1.82) is 0 Å². The van der Waals surface area contributed by atoms with Gasteiger partial charge >= 0.3 is 0 Å². The highest BCUT2D eigenvalue weighted by molar-refractivity contribution is 5.94. The van der Waals surface area contributed by atoms with Crippen molar-refractivity contribution in [2.24, 2.45) is 0 Å². The molecule has 6 nitrogen and oxygen atoms in total. The minimum Gasteiger partial charge on any atom is -0.351 e. The van der Waals surface area contributed by atoms with Gasteiger partial charge in [0, 0.05) is 18.4 Å². The zero-order valence-electron chi connectivity index (χ0n) is 10.8. The molecular formula is C14H13N5O. The van der Waals surface area contributed by atoms with E-state index in [2.05, 4.69) is 20.3 Å². The Labute approximate surface area is 114 Å². The minimum absolute atomic E-state index is 0.103. The van der Waals surface area contributed by atoms with Crippen molar-refractivity contribution < 1.29 is 4.79 Å². The Morgan fingerprint density at radius 3 is 3.20 bits per heavy atom. The molecule has 0 fully saturated rings. The molecule has 0 saturated carbocycles. The van der Waals surface area contributed by atoms with E-state index in [1.54, 1.807) is 6.20 Å². The lowest BCUT2D eigenvalue weighted by molar-refractivity contribution is 0.0951. The van der Waals surface area contributed by atoms with Crippen molar-refractivity contribution in [2.45, 2.75) is 12.8 Å². The molecule has 0 atom stereocenters. The number of imidazole rings is 2. The number of hydrogen-bond acceptors (Lipinski definition) is 3. The van der Waals surface area contributed by atoms with Crippen LogP contribution in [-0.2, 0) is 6.42 Å². The standard InChI is InChI=1S/C14H13N5O/c20-14-12-9(4-3-6-15-14)17-13(18-12)10-8-16-11-5-1-2-7-19(10)11/h1-2,5,7-8H,3-4,6H2,(H,15,20)(H,17,18). The number of carbonyl (C=O) groups excluding carboxylic acids is 1. The maximum Gasteiger partial charge on any atom is 0.271 e. The third-order valence-electron chi connectivity index (χ3n) is 3.54. The van der Waals surface area contributed by atoms with E-state index in [9.17, 15) is 4.79 Å². The number of aromatic amines is 1. The number of amides is 1. The predicted molar refractivity (Wildman–Crippen MR) is 73.4 cm³/mol. The number of rotatable bonds is 1. The van der Waals surface area contributed by atoms with Gasteiger partial charge in [-0.1, -0.05) is 6.07 Å². The summed E-state index contributed by atoms with van der Waals surface area (Å²) in [6, 6.07) is 5.82. The fourth-order valence-corrected chi connectivity index (χ4v) is 2.56. The van der Waals surface area contributed by atoms with Crippen LogP contribution in [0, 0.1) is 0 Å². The van der Waals surface area contributed by atoms with Crippen molar-refractivity contribution in [3.8, 4) is 11.5 Å². The van der Waals surface area contributed by atoms with Gasteiger partial charge in [-0.25, -0.2) is 9.97 Å². The molecule has 1 amide bonds. The van der Waals surface area contributed by atoms with Crippen LogP contribution in [0.15, 0.2) is 30.6 Å². The Morgan fingerprint density at radius 1 is 1.30 bits per heavy atom. The van der Waals surface area contributed by atoms with Crippen molar-refractivity contribution in [1.82, 2.24) is 24.7 Å². The first-order valence-corrected chi connectivity index (χ1v) is 6.62. The Morgan fingerprint density at radius 2 is 2.25 bits per heavy atom. The van der Waals surface area contributed by atoms with Gasteiger partial charge in [0.15, 0.2) is 5.82 Å². The van der Waals surface area contributed by atoms with Gasteiger partial charge in [0.1, 0.15) is 17.0 Å². The van der Waals surface area contributed by atoms with E-state index in [1.165, 1.54) is 0 Å².